The van der Waals surface area contributed by atoms with Crippen molar-refractivity contribution in [2.24, 2.45) is 0 Å². The van der Waals surface area contributed by atoms with E-state index in [-0.39, 0.29) is 18.2 Å². The molecule has 0 unspecified atom stereocenters. The van der Waals surface area contributed by atoms with Gasteiger partial charge >= 0.3 is 0 Å². The fourth-order valence-electron chi connectivity index (χ4n) is 1.48. The molecule has 0 aliphatic heterocycles. The summed E-state index contributed by atoms with van der Waals surface area (Å²) in [5, 5.41) is 7.70. The molecule has 1 rings (SSSR count). The number of nitrogens with one attached hydrogen (secondary N) is 3. The molecule has 106 valence electrons. The molecule has 0 spiro atoms. The minimum atomic E-state index is -0.425. The van der Waals surface area contributed by atoms with Crippen LogP contribution in [-0.2, 0) is 14.4 Å². The number of carbonyl (C=O) groups is 3. The van der Waals surface area contributed by atoms with Gasteiger partial charge in [-0.2, -0.15) is 0 Å². The van der Waals surface area contributed by atoms with Crippen molar-refractivity contribution in [3.8, 4) is 0 Å². The van der Waals surface area contributed by atoms with Crippen LogP contribution in [0.25, 0.3) is 0 Å². The number of amides is 3. The Labute approximate surface area is 117 Å². The monoisotopic (exact) mass is 275 g/mol. The third-order valence-corrected chi connectivity index (χ3v) is 2.23. The summed E-state index contributed by atoms with van der Waals surface area (Å²) in [5.74, 6) is -0.996. The Hall–Kier alpha value is -2.63. The fourth-order valence-corrected chi connectivity index (χ4v) is 1.48. The maximum absolute atomic E-state index is 11.6. The molecule has 0 bridgehead atoms. The smallest absolute Gasteiger partial charge is 0.233 e. The van der Waals surface area contributed by atoms with Crippen LogP contribution in [0.3, 0.4) is 0 Å². The Morgan fingerprint density at radius 1 is 1.15 bits per heavy atom. The third kappa shape index (κ3) is 5.81. The molecule has 1 aromatic carbocycles. The van der Waals surface area contributed by atoms with Crippen LogP contribution in [0.15, 0.2) is 36.9 Å². The molecule has 20 heavy (non-hydrogen) atoms. The van der Waals surface area contributed by atoms with Crippen molar-refractivity contribution in [3.63, 3.8) is 0 Å². The Kier molecular flexibility index (Phi) is 5.96. The SMILES string of the molecule is C=CCNC(=O)CC(=O)Nc1cccc(NC(C)=O)c1. The third-order valence-electron chi connectivity index (χ3n) is 2.23. The van der Waals surface area contributed by atoms with Gasteiger partial charge in [0.05, 0.1) is 0 Å². The molecule has 6 heteroatoms. The van der Waals surface area contributed by atoms with Gasteiger partial charge in [-0.15, -0.1) is 6.58 Å². The molecule has 0 aromatic heterocycles. The zero-order valence-electron chi connectivity index (χ0n) is 11.2. The average molecular weight is 275 g/mol. The van der Waals surface area contributed by atoms with E-state index < -0.39 is 5.91 Å². The van der Waals surface area contributed by atoms with E-state index in [0.29, 0.717) is 17.9 Å². The van der Waals surface area contributed by atoms with Crippen molar-refractivity contribution >= 4 is 29.1 Å². The van der Waals surface area contributed by atoms with Gasteiger partial charge in [0, 0.05) is 24.8 Å². The Morgan fingerprint density at radius 2 is 1.80 bits per heavy atom. The molecule has 0 aliphatic rings. The standard InChI is InChI=1S/C14H17N3O3/c1-3-7-15-13(19)9-14(20)17-12-6-4-5-11(8-12)16-10(2)18/h3-6,8H,1,7,9H2,2H3,(H,15,19)(H,16,18)(H,17,20). The zero-order chi connectivity index (χ0) is 15.0. The highest BCUT2D eigenvalue weighted by Gasteiger charge is 2.09. The molecule has 0 fully saturated rings. The molecule has 0 radical (unpaired) electrons. The summed E-state index contributed by atoms with van der Waals surface area (Å²) < 4.78 is 0. The van der Waals surface area contributed by atoms with Crippen molar-refractivity contribution in [3.05, 3.63) is 36.9 Å². The Morgan fingerprint density at radius 3 is 2.40 bits per heavy atom. The van der Waals surface area contributed by atoms with Gasteiger partial charge in [0.25, 0.3) is 0 Å². The molecule has 3 amide bonds. The second-order valence-corrected chi connectivity index (χ2v) is 4.08. The van der Waals surface area contributed by atoms with Crippen molar-refractivity contribution in [2.45, 2.75) is 13.3 Å². The van der Waals surface area contributed by atoms with Crippen LogP contribution in [0.5, 0.6) is 0 Å². The van der Waals surface area contributed by atoms with Gasteiger partial charge in [-0.3, -0.25) is 14.4 Å². The summed E-state index contributed by atoms with van der Waals surface area (Å²) in [6.07, 6.45) is 1.27. The minimum absolute atomic E-state index is 0.197. The van der Waals surface area contributed by atoms with Crippen molar-refractivity contribution < 1.29 is 14.4 Å². The lowest BCUT2D eigenvalue weighted by atomic mass is 10.2. The van der Waals surface area contributed by atoms with E-state index in [9.17, 15) is 14.4 Å². The van der Waals surface area contributed by atoms with E-state index in [1.165, 1.54) is 13.0 Å². The molecule has 0 aliphatic carbocycles. The topological polar surface area (TPSA) is 87.3 Å². The van der Waals surface area contributed by atoms with Crippen molar-refractivity contribution in [1.82, 2.24) is 5.32 Å². The maximum Gasteiger partial charge on any atom is 0.233 e. The average Bonchev–Trinajstić information content (AvgIpc) is 2.35. The summed E-state index contributed by atoms with van der Waals surface area (Å²) in [4.78, 5) is 33.9. The van der Waals surface area contributed by atoms with Crippen LogP contribution in [0, 0.1) is 0 Å². The van der Waals surface area contributed by atoms with Gasteiger partial charge in [0.1, 0.15) is 6.42 Å². The Balaban J connectivity index is 2.55. The van der Waals surface area contributed by atoms with E-state index >= 15 is 0 Å². The molecule has 3 N–H and O–H groups in total. The lowest BCUT2D eigenvalue weighted by Crippen LogP contribution is -2.28. The van der Waals surface area contributed by atoms with Crippen LogP contribution < -0.4 is 16.0 Å². The minimum Gasteiger partial charge on any atom is -0.352 e. The van der Waals surface area contributed by atoms with E-state index in [1.54, 1.807) is 24.3 Å². The van der Waals surface area contributed by atoms with E-state index in [0.717, 1.165) is 0 Å². The van der Waals surface area contributed by atoms with Gasteiger partial charge < -0.3 is 16.0 Å². The van der Waals surface area contributed by atoms with E-state index in [2.05, 4.69) is 22.5 Å². The summed E-state index contributed by atoms with van der Waals surface area (Å²) in [5.41, 5.74) is 1.09. The molecule has 6 nitrogen and oxygen atoms in total. The van der Waals surface area contributed by atoms with Crippen LogP contribution >= 0.6 is 0 Å². The molecule has 1 aromatic rings. The maximum atomic E-state index is 11.6. The lowest BCUT2D eigenvalue weighted by molar-refractivity contribution is -0.126. The first-order chi connectivity index (χ1) is 9.51. The molecule has 0 saturated heterocycles. The predicted molar refractivity (Wildman–Crippen MR) is 77.2 cm³/mol. The van der Waals surface area contributed by atoms with Crippen LogP contribution in [0.4, 0.5) is 11.4 Å². The Bertz CT molecular complexity index is 526. The highest BCUT2D eigenvalue weighted by atomic mass is 16.2. The highest BCUT2D eigenvalue weighted by molar-refractivity contribution is 6.03. The van der Waals surface area contributed by atoms with Gasteiger partial charge in [-0.05, 0) is 18.2 Å². The molecular weight excluding hydrogens is 258 g/mol. The summed E-state index contributed by atoms with van der Waals surface area (Å²) in [6.45, 7) is 5.18. The first-order valence-corrected chi connectivity index (χ1v) is 6.06. The summed E-state index contributed by atoms with van der Waals surface area (Å²) in [7, 11) is 0. The number of carbonyl (C=O) groups excluding carboxylic acids is 3. The number of rotatable bonds is 6. The van der Waals surface area contributed by atoms with Gasteiger partial charge in [-0.25, -0.2) is 0 Å². The first-order valence-electron chi connectivity index (χ1n) is 6.06. The first kappa shape index (κ1) is 15.4. The second kappa shape index (κ2) is 7.73. The quantitative estimate of drug-likeness (QED) is 0.540. The van der Waals surface area contributed by atoms with Gasteiger partial charge in [0.2, 0.25) is 17.7 Å². The molecule has 0 atom stereocenters. The van der Waals surface area contributed by atoms with Crippen molar-refractivity contribution in [2.75, 3.05) is 17.2 Å². The van der Waals surface area contributed by atoms with Crippen molar-refractivity contribution in [1.29, 1.82) is 0 Å². The van der Waals surface area contributed by atoms with Gasteiger partial charge in [0.15, 0.2) is 0 Å². The van der Waals surface area contributed by atoms with E-state index in [1.807, 2.05) is 0 Å². The van der Waals surface area contributed by atoms with E-state index in [4.69, 9.17) is 0 Å². The van der Waals surface area contributed by atoms with Gasteiger partial charge in [-0.1, -0.05) is 12.1 Å². The molecule has 0 heterocycles. The second-order valence-electron chi connectivity index (χ2n) is 4.08. The highest BCUT2D eigenvalue weighted by Crippen LogP contribution is 2.15. The molecule has 0 saturated carbocycles. The zero-order valence-corrected chi connectivity index (χ0v) is 11.2. The summed E-state index contributed by atoms with van der Waals surface area (Å²) >= 11 is 0. The normalized spacial score (nSPS) is 9.45. The van der Waals surface area contributed by atoms with Crippen LogP contribution in [0.1, 0.15) is 13.3 Å². The number of benzene rings is 1. The number of hydrogen-bond acceptors (Lipinski definition) is 3. The largest absolute Gasteiger partial charge is 0.352 e. The predicted octanol–water partition coefficient (Wildman–Crippen LogP) is 1.28. The lowest BCUT2D eigenvalue weighted by Gasteiger charge is -2.07. The number of anilines is 2. The fraction of sp³-hybridized carbons (Fsp3) is 0.214. The summed E-state index contributed by atoms with van der Waals surface area (Å²) in [6, 6.07) is 6.68. The van der Waals surface area contributed by atoms with Crippen LogP contribution in [0.2, 0.25) is 0 Å². The number of hydrogen-bond donors (Lipinski definition) is 3. The van der Waals surface area contributed by atoms with Crippen LogP contribution in [-0.4, -0.2) is 24.3 Å². The molecular formula is C14H17N3O3.